The molecule has 0 spiro atoms. The van der Waals surface area contributed by atoms with E-state index in [2.05, 4.69) is 17.6 Å². The third kappa shape index (κ3) is 4.97. The molecule has 0 saturated carbocycles. The molecular weight excluding hydrogens is 438 g/mol. The van der Waals surface area contributed by atoms with Crippen LogP contribution in [0.5, 0.6) is 0 Å². The van der Waals surface area contributed by atoms with Gasteiger partial charge in [-0.1, -0.05) is 55.8 Å². The Morgan fingerprint density at radius 1 is 1.00 bits per heavy atom. The summed E-state index contributed by atoms with van der Waals surface area (Å²) in [6.45, 7) is 4.78. The number of hydrogen-bond acceptors (Lipinski definition) is 3. The van der Waals surface area contributed by atoms with Crippen LogP contribution in [0.3, 0.4) is 0 Å². The number of carbonyl (C=O) groups excluding carboxylic acids is 1. The second-order valence-corrected chi connectivity index (χ2v) is 9.12. The number of hydrogen-bond donors (Lipinski definition) is 1. The Hall–Kier alpha value is -3.93. The number of carboxylic acids is 1. The topological polar surface area (TPSA) is 75.4 Å². The highest BCUT2D eigenvalue weighted by molar-refractivity contribution is 5.99. The number of carbonyl (C=O) groups is 2. The van der Waals surface area contributed by atoms with Gasteiger partial charge in [-0.15, -0.1) is 0 Å². The van der Waals surface area contributed by atoms with Crippen molar-refractivity contribution in [1.82, 2.24) is 14.5 Å². The molecule has 1 heterocycles. The minimum atomic E-state index is -0.933. The first-order valence-electron chi connectivity index (χ1n) is 11.9. The van der Waals surface area contributed by atoms with Crippen molar-refractivity contribution >= 4 is 22.9 Å². The summed E-state index contributed by atoms with van der Waals surface area (Å²) in [4.78, 5) is 30.8. The van der Waals surface area contributed by atoms with Crippen LogP contribution in [0.25, 0.3) is 22.2 Å². The summed E-state index contributed by atoms with van der Waals surface area (Å²) in [5.74, 6) is 0.0555. The highest BCUT2D eigenvalue weighted by Gasteiger charge is 2.18. The van der Waals surface area contributed by atoms with E-state index in [9.17, 15) is 14.7 Å². The lowest BCUT2D eigenvalue weighted by Gasteiger charge is -2.14. The SMILES string of the molecule is CCCCc1nc2cc(C(=O)N(C)C)c(C)cc2n1Cc1ccc(-c2ccccc2C(=O)O)cc1. The van der Waals surface area contributed by atoms with E-state index >= 15 is 0 Å². The Morgan fingerprint density at radius 3 is 2.37 bits per heavy atom. The summed E-state index contributed by atoms with van der Waals surface area (Å²) in [5.41, 5.74) is 6.43. The maximum atomic E-state index is 12.6. The summed E-state index contributed by atoms with van der Waals surface area (Å²) < 4.78 is 2.24. The van der Waals surface area contributed by atoms with Gasteiger partial charge in [0.1, 0.15) is 5.82 Å². The quantitative estimate of drug-likeness (QED) is 0.354. The van der Waals surface area contributed by atoms with Crippen molar-refractivity contribution in [3.8, 4) is 11.1 Å². The predicted molar refractivity (Wildman–Crippen MR) is 139 cm³/mol. The zero-order valence-electron chi connectivity index (χ0n) is 20.7. The van der Waals surface area contributed by atoms with Crippen molar-refractivity contribution in [3.63, 3.8) is 0 Å². The van der Waals surface area contributed by atoms with Crippen LogP contribution in [0.4, 0.5) is 0 Å². The van der Waals surface area contributed by atoms with Crippen molar-refractivity contribution in [3.05, 3.63) is 88.7 Å². The van der Waals surface area contributed by atoms with E-state index in [0.29, 0.717) is 23.2 Å². The number of aromatic nitrogens is 2. The van der Waals surface area contributed by atoms with E-state index in [0.717, 1.165) is 52.8 Å². The molecule has 0 aliphatic rings. The number of imidazole rings is 1. The number of unbranched alkanes of at least 4 members (excludes halogenated alkanes) is 1. The smallest absolute Gasteiger partial charge is 0.336 e. The molecule has 1 aromatic heterocycles. The van der Waals surface area contributed by atoms with Gasteiger partial charge in [-0.05, 0) is 53.8 Å². The lowest BCUT2D eigenvalue weighted by Crippen LogP contribution is -2.22. The van der Waals surface area contributed by atoms with Gasteiger partial charge in [-0.3, -0.25) is 4.79 Å². The molecule has 0 bridgehead atoms. The van der Waals surface area contributed by atoms with E-state index < -0.39 is 5.97 Å². The van der Waals surface area contributed by atoms with Crippen LogP contribution in [-0.4, -0.2) is 45.5 Å². The zero-order chi connectivity index (χ0) is 25.1. The van der Waals surface area contributed by atoms with Crippen molar-refractivity contribution in [1.29, 1.82) is 0 Å². The van der Waals surface area contributed by atoms with Gasteiger partial charge in [-0.2, -0.15) is 0 Å². The first kappa shape index (κ1) is 24.2. The Bertz CT molecular complexity index is 1380. The average molecular weight is 470 g/mol. The van der Waals surface area contributed by atoms with Crippen molar-refractivity contribution in [2.45, 2.75) is 39.7 Å². The van der Waals surface area contributed by atoms with Gasteiger partial charge in [0.25, 0.3) is 5.91 Å². The van der Waals surface area contributed by atoms with Crippen LogP contribution < -0.4 is 0 Å². The number of rotatable bonds is 8. The fraction of sp³-hybridized carbons (Fsp3) is 0.276. The molecule has 4 aromatic rings. The Balaban J connectivity index is 1.72. The van der Waals surface area contributed by atoms with Gasteiger partial charge in [0.15, 0.2) is 0 Å². The standard InChI is InChI=1S/C29H31N3O3/c1-5-6-11-27-30-25-17-24(28(33)31(3)4)19(2)16-26(25)32(27)18-20-12-14-21(15-13-20)22-9-7-8-10-23(22)29(34)35/h7-10,12-17H,5-6,11,18H2,1-4H3,(H,34,35). The first-order chi connectivity index (χ1) is 16.8. The summed E-state index contributed by atoms with van der Waals surface area (Å²) in [6, 6.07) is 19.0. The monoisotopic (exact) mass is 469 g/mol. The van der Waals surface area contributed by atoms with Gasteiger partial charge in [0, 0.05) is 32.6 Å². The molecule has 35 heavy (non-hydrogen) atoms. The molecule has 180 valence electrons. The largest absolute Gasteiger partial charge is 0.478 e. The van der Waals surface area contributed by atoms with E-state index in [1.165, 1.54) is 0 Å². The molecule has 0 atom stereocenters. The third-order valence-corrected chi connectivity index (χ3v) is 6.33. The fourth-order valence-corrected chi connectivity index (χ4v) is 4.39. The van der Waals surface area contributed by atoms with Crippen LogP contribution in [0.1, 0.15) is 57.4 Å². The molecule has 6 heteroatoms. The lowest BCUT2D eigenvalue weighted by atomic mass is 9.98. The number of benzene rings is 3. The van der Waals surface area contributed by atoms with Crippen molar-refractivity contribution < 1.29 is 14.7 Å². The Labute approximate surface area is 205 Å². The van der Waals surface area contributed by atoms with Crippen molar-refractivity contribution in [2.24, 2.45) is 0 Å². The highest BCUT2D eigenvalue weighted by atomic mass is 16.4. The third-order valence-electron chi connectivity index (χ3n) is 6.33. The average Bonchev–Trinajstić information content (AvgIpc) is 3.18. The molecule has 0 unspecified atom stereocenters. The molecule has 3 aromatic carbocycles. The molecule has 0 fully saturated rings. The van der Waals surface area contributed by atoms with Crippen LogP contribution in [-0.2, 0) is 13.0 Å². The molecule has 0 aliphatic carbocycles. The minimum absolute atomic E-state index is 0.0220. The van der Waals surface area contributed by atoms with Crippen LogP contribution in [0.15, 0.2) is 60.7 Å². The minimum Gasteiger partial charge on any atom is -0.478 e. The number of fused-ring (bicyclic) bond motifs is 1. The van der Waals surface area contributed by atoms with Gasteiger partial charge in [0.05, 0.1) is 16.6 Å². The fourth-order valence-electron chi connectivity index (χ4n) is 4.39. The summed E-state index contributed by atoms with van der Waals surface area (Å²) >= 11 is 0. The number of aryl methyl sites for hydroxylation is 2. The van der Waals surface area contributed by atoms with Crippen molar-refractivity contribution in [2.75, 3.05) is 14.1 Å². The molecule has 0 aliphatic heterocycles. The van der Waals surface area contributed by atoms with E-state index in [1.807, 2.05) is 49.4 Å². The van der Waals surface area contributed by atoms with Gasteiger partial charge in [0.2, 0.25) is 0 Å². The predicted octanol–water partition coefficient (Wildman–Crippen LogP) is 5.80. The van der Waals surface area contributed by atoms with E-state index in [-0.39, 0.29) is 5.91 Å². The van der Waals surface area contributed by atoms with Crippen LogP contribution in [0.2, 0.25) is 0 Å². The summed E-state index contributed by atoms with van der Waals surface area (Å²) in [6.07, 6.45) is 2.98. The Morgan fingerprint density at radius 2 is 1.71 bits per heavy atom. The molecular formula is C29H31N3O3. The summed E-state index contributed by atoms with van der Waals surface area (Å²) in [7, 11) is 3.52. The normalized spacial score (nSPS) is 11.1. The molecule has 0 saturated heterocycles. The van der Waals surface area contributed by atoms with Gasteiger partial charge >= 0.3 is 5.97 Å². The number of carboxylic acid groups (broad SMARTS) is 1. The molecule has 0 radical (unpaired) electrons. The number of amides is 1. The number of aromatic carboxylic acids is 1. The molecule has 6 nitrogen and oxygen atoms in total. The van der Waals surface area contributed by atoms with Crippen LogP contribution >= 0.6 is 0 Å². The maximum absolute atomic E-state index is 12.6. The molecule has 1 amide bonds. The second-order valence-electron chi connectivity index (χ2n) is 9.12. The first-order valence-corrected chi connectivity index (χ1v) is 11.9. The lowest BCUT2D eigenvalue weighted by molar-refractivity contribution is 0.0697. The Kier molecular flexibility index (Phi) is 7.01. The zero-order valence-corrected chi connectivity index (χ0v) is 20.7. The summed E-state index contributed by atoms with van der Waals surface area (Å²) in [5, 5.41) is 9.53. The maximum Gasteiger partial charge on any atom is 0.336 e. The van der Waals surface area contributed by atoms with E-state index in [1.54, 1.807) is 31.1 Å². The molecule has 4 rings (SSSR count). The highest BCUT2D eigenvalue weighted by Crippen LogP contribution is 2.27. The van der Waals surface area contributed by atoms with E-state index in [4.69, 9.17) is 4.98 Å². The van der Waals surface area contributed by atoms with Crippen LogP contribution in [0, 0.1) is 6.92 Å². The number of nitrogens with zero attached hydrogens (tertiary/aromatic N) is 3. The molecule has 1 N–H and O–H groups in total. The second kappa shape index (κ2) is 10.1. The van der Waals surface area contributed by atoms with Gasteiger partial charge in [-0.25, -0.2) is 9.78 Å². The van der Waals surface area contributed by atoms with Gasteiger partial charge < -0.3 is 14.6 Å².